The number of unbranched alkanes of at least 4 members (excludes halogenated alkanes) is 1. The Labute approximate surface area is 87.9 Å². The average Bonchev–Trinajstić information content (AvgIpc) is 2.18. The predicted molar refractivity (Wildman–Crippen MR) is 59.1 cm³/mol. The SMILES string of the molecule is OCCCCC1CC2CCCC(C1)C2. The first-order valence-corrected chi connectivity index (χ1v) is 6.49. The van der Waals surface area contributed by atoms with Crippen LogP contribution in [0.3, 0.4) is 0 Å². The van der Waals surface area contributed by atoms with Crippen molar-refractivity contribution in [2.24, 2.45) is 17.8 Å². The van der Waals surface area contributed by atoms with Crippen LogP contribution in [0.2, 0.25) is 0 Å². The molecule has 0 saturated heterocycles. The second-order valence-corrected chi connectivity index (χ2v) is 5.46. The summed E-state index contributed by atoms with van der Waals surface area (Å²) in [5.74, 6) is 3.15. The van der Waals surface area contributed by atoms with Crippen LogP contribution in [-0.4, -0.2) is 11.7 Å². The van der Waals surface area contributed by atoms with Crippen LogP contribution in [0.15, 0.2) is 0 Å². The highest BCUT2D eigenvalue weighted by molar-refractivity contribution is 4.82. The molecule has 0 radical (unpaired) electrons. The summed E-state index contributed by atoms with van der Waals surface area (Å²) in [5.41, 5.74) is 0. The topological polar surface area (TPSA) is 20.2 Å². The highest BCUT2D eigenvalue weighted by Gasteiger charge is 2.31. The summed E-state index contributed by atoms with van der Waals surface area (Å²) in [7, 11) is 0. The summed E-state index contributed by atoms with van der Waals surface area (Å²) >= 11 is 0. The van der Waals surface area contributed by atoms with E-state index in [9.17, 15) is 0 Å². The van der Waals surface area contributed by atoms with Gasteiger partial charge < -0.3 is 5.11 Å². The van der Waals surface area contributed by atoms with Gasteiger partial charge in [0.25, 0.3) is 0 Å². The van der Waals surface area contributed by atoms with Crippen molar-refractivity contribution in [2.45, 2.75) is 57.8 Å². The highest BCUT2D eigenvalue weighted by Crippen LogP contribution is 2.43. The molecular formula is C13H24O. The van der Waals surface area contributed by atoms with Crippen LogP contribution in [0.25, 0.3) is 0 Å². The van der Waals surface area contributed by atoms with Crippen molar-refractivity contribution in [1.82, 2.24) is 0 Å². The number of hydrogen-bond acceptors (Lipinski definition) is 1. The van der Waals surface area contributed by atoms with Crippen molar-refractivity contribution in [3.63, 3.8) is 0 Å². The van der Waals surface area contributed by atoms with Crippen LogP contribution in [0.4, 0.5) is 0 Å². The molecule has 1 N–H and O–H groups in total. The molecule has 2 saturated carbocycles. The molecule has 0 heterocycles. The molecule has 82 valence electrons. The number of hydrogen-bond donors (Lipinski definition) is 1. The van der Waals surface area contributed by atoms with Gasteiger partial charge in [-0.05, 0) is 43.4 Å². The fourth-order valence-electron chi connectivity index (χ4n) is 3.65. The monoisotopic (exact) mass is 196 g/mol. The zero-order chi connectivity index (χ0) is 9.80. The molecule has 0 amide bonds. The molecule has 2 rings (SSSR count). The number of rotatable bonds is 4. The van der Waals surface area contributed by atoms with Gasteiger partial charge in [0.2, 0.25) is 0 Å². The molecule has 14 heavy (non-hydrogen) atoms. The Morgan fingerprint density at radius 3 is 2.29 bits per heavy atom. The van der Waals surface area contributed by atoms with Crippen LogP contribution >= 0.6 is 0 Å². The van der Waals surface area contributed by atoms with Crippen molar-refractivity contribution >= 4 is 0 Å². The molecule has 1 nitrogen and oxygen atoms in total. The molecule has 2 aliphatic rings. The van der Waals surface area contributed by atoms with Gasteiger partial charge in [0.05, 0.1) is 0 Å². The van der Waals surface area contributed by atoms with Gasteiger partial charge in [0.15, 0.2) is 0 Å². The van der Waals surface area contributed by atoms with Gasteiger partial charge in [-0.1, -0.05) is 32.1 Å². The lowest BCUT2D eigenvalue weighted by atomic mass is 9.67. The lowest BCUT2D eigenvalue weighted by Gasteiger charge is -2.39. The Hall–Kier alpha value is -0.0400. The quantitative estimate of drug-likeness (QED) is 0.684. The smallest absolute Gasteiger partial charge is 0.0431 e. The highest BCUT2D eigenvalue weighted by atomic mass is 16.2. The van der Waals surface area contributed by atoms with Gasteiger partial charge >= 0.3 is 0 Å². The van der Waals surface area contributed by atoms with Crippen molar-refractivity contribution in [1.29, 1.82) is 0 Å². The summed E-state index contributed by atoms with van der Waals surface area (Å²) in [6, 6.07) is 0. The van der Waals surface area contributed by atoms with Gasteiger partial charge in [-0.15, -0.1) is 0 Å². The largest absolute Gasteiger partial charge is 0.396 e. The van der Waals surface area contributed by atoms with Crippen LogP contribution in [0, 0.1) is 17.8 Å². The van der Waals surface area contributed by atoms with E-state index in [0.29, 0.717) is 6.61 Å². The van der Waals surface area contributed by atoms with E-state index in [-0.39, 0.29) is 0 Å². The zero-order valence-corrected chi connectivity index (χ0v) is 9.25. The maximum absolute atomic E-state index is 8.76. The van der Waals surface area contributed by atoms with E-state index in [2.05, 4.69) is 0 Å². The predicted octanol–water partition coefficient (Wildman–Crippen LogP) is 3.37. The molecule has 2 unspecified atom stereocenters. The van der Waals surface area contributed by atoms with Crippen molar-refractivity contribution in [2.75, 3.05) is 6.61 Å². The lowest BCUT2D eigenvalue weighted by Crippen LogP contribution is -2.26. The van der Waals surface area contributed by atoms with E-state index in [1.165, 1.54) is 51.4 Å². The first-order valence-electron chi connectivity index (χ1n) is 6.49. The summed E-state index contributed by atoms with van der Waals surface area (Å²) < 4.78 is 0. The minimum atomic E-state index is 0.388. The average molecular weight is 196 g/mol. The normalized spacial score (nSPS) is 37.1. The Morgan fingerprint density at radius 2 is 1.64 bits per heavy atom. The number of aliphatic hydroxyl groups excluding tert-OH is 1. The second-order valence-electron chi connectivity index (χ2n) is 5.46. The van der Waals surface area contributed by atoms with E-state index in [1.807, 2.05) is 0 Å². The first-order chi connectivity index (χ1) is 6.88. The van der Waals surface area contributed by atoms with E-state index >= 15 is 0 Å². The Balaban J connectivity index is 1.72. The molecular weight excluding hydrogens is 172 g/mol. The van der Waals surface area contributed by atoms with Gasteiger partial charge in [-0.3, -0.25) is 0 Å². The van der Waals surface area contributed by atoms with Crippen LogP contribution in [-0.2, 0) is 0 Å². The van der Waals surface area contributed by atoms with Crippen molar-refractivity contribution in [3.8, 4) is 0 Å². The minimum absolute atomic E-state index is 0.388. The van der Waals surface area contributed by atoms with Gasteiger partial charge in [-0.25, -0.2) is 0 Å². The summed E-state index contributed by atoms with van der Waals surface area (Å²) in [6.07, 6.45) is 12.7. The van der Waals surface area contributed by atoms with Crippen LogP contribution in [0.5, 0.6) is 0 Å². The van der Waals surface area contributed by atoms with Crippen molar-refractivity contribution < 1.29 is 5.11 Å². The van der Waals surface area contributed by atoms with Gasteiger partial charge in [0, 0.05) is 6.61 Å². The third kappa shape index (κ3) is 2.73. The number of aliphatic hydroxyl groups is 1. The van der Waals surface area contributed by atoms with Gasteiger partial charge in [0.1, 0.15) is 0 Å². The van der Waals surface area contributed by atoms with E-state index < -0.39 is 0 Å². The molecule has 2 atom stereocenters. The fourth-order valence-corrected chi connectivity index (χ4v) is 3.65. The molecule has 2 bridgehead atoms. The Bertz CT molecular complexity index is 155. The third-order valence-electron chi connectivity index (χ3n) is 4.25. The van der Waals surface area contributed by atoms with Crippen molar-refractivity contribution in [3.05, 3.63) is 0 Å². The minimum Gasteiger partial charge on any atom is -0.396 e. The Kier molecular flexibility index (Phi) is 3.86. The lowest BCUT2D eigenvalue weighted by molar-refractivity contribution is 0.129. The summed E-state index contributed by atoms with van der Waals surface area (Å²) in [6.45, 7) is 0.388. The second kappa shape index (κ2) is 5.16. The van der Waals surface area contributed by atoms with E-state index in [1.54, 1.807) is 0 Å². The summed E-state index contributed by atoms with van der Waals surface area (Å²) in [4.78, 5) is 0. The molecule has 0 spiro atoms. The molecule has 2 fully saturated rings. The zero-order valence-electron chi connectivity index (χ0n) is 9.25. The fraction of sp³-hybridized carbons (Fsp3) is 1.00. The van der Waals surface area contributed by atoms with Gasteiger partial charge in [-0.2, -0.15) is 0 Å². The molecule has 2 aliphatic carbocycles. The summed E-state index contributed by atoms with van der Waals surface area (Å²) in [5, 5.41) is 8.76. The first kappa shape index (κ1) is 10.5. The van der Waals surface area contributed by atoms with E-state index in [0.717, 1.165) is 24.2 Å². The third-order valence-corrected chi connectivity index (χ3v) is 4.25. The molecule has 0 aromatic rings. The maximum atomic E-state index is 8.76. The number of fused-ring (bicyclic) bond motifs is 2. The maximum Gasteiger partial charge on any atom is 0.0431 e. The van der Waals surface area contributed by atoms with E-state index in [4.69, 9.17) is 5.11 Å². The van der Waals surface area contributed by atoms with Crippen LogP contribution < -0.4 is 0 Å². The molecule has 0 aromatic carbocycles. The molecule has 0 aromatic heterocycles. The molecule has 1 heteroatoms. The van der Waals surface area contributed by atoms with Crippen LogP contribution in [0.1, 0.15) is 57.8 Å². The molecule has 0 aliphatic heterocycles. The Morgan fingerprint density at radius 1 is 0.929 bits per heavy atom. The standard InChI is InChI=1S/C13H24O/c14-7-2-1-4-11-8-12-5-3-6-13(9-11)10-12/h11-14H,1-10H2.